The maximum absolute atomic E-state index is 9.62. The third-order valence-electron chi connectivity index (χ3n) is 2.97. The predicted octanol–water partition coefficient (Wildman–Crippen LogP) is 1.87. The molecule has 0 aromatic heterocycles. The van der Waals surface area contributed by atoms with Crippen LogP contribution in [0.1, 0.15) is 31.4 Å². The van der Waals surface area contributed by atoms with E-state index in [1.807, 2.05) is 19.1 Å². The van der Waals surface area contributed by atoms with Crippen LogP contribution in [0.15, 0.2) is 24.3 Å². The van der Waals surface area contributed by atoms with E-state index in [4.69, 9.17) is 4.74 Å². The fraction of sp³-hybridized carbons (Fsp3) is 0.538. The summed E-state index contributed by atoms with van der Waals surface area (Å²) in [4.78, 5) is 0. The lowest BCUT2D eigenvalue weighted by Crippen LogP contribution is -2.34. The van der Waals surface area contributed by atoms with E-state index in [9.17, 15) is 5.11 Å². The van der Waals surface area contributed by atoms with Gasteiger partial charge in [0, 0.05) is 6.04 Å². The Labute approximate surface area is 96.4 Å². The summed E-state index contributed by atoms with van der Waals surface area (Å²) in [5, 5.41) is 13.0. The molecule has 2 rings (SSSR count). The molecule has 1 aliphatic rings. The van der Waals surface area contributed by atoms with Crippen molar-refractivity contribution in [1.29, 1.82) is 0 Å². The van der Waals surface area contributed by atoms with Gasteiger partial charge in [0.05, 0.1) is 12.7 Å². The zero-order valence-corrected chi connectivity index (χ0v) is 9.65. The standard InChI is InChI=1S/C13H19NO2/c1-2-16-12-5-3-10(4-6-12)13-9-11(15)7-8-14-13/h3-6,11,13-15H,2,7-9H2,1H3. The molecule has 3 heteroatoms. The summed E-state index contributed by atoms with van der Waals surface area (Å²) in [5.74, 6) is 0.905. The highest BCUT2D eigenvalue weighted by Gasteiger charge is 2.20. The summed E-state index contributed by atoms with van der Waals surface area (Å²) in [6.45, 7) is 3.56. The number of benzene rings is 1. The number of hydrogen-bond donors (Lipinski definition) is 2. The first kappa shape index (κ1) is 11.4. The van der Waals surface area contributed by atoms with Crippen molar-refractivity contribution < 1.29 is 9.84 Å². The van der Waals surface area contributed by atoms with Crippen LogP contribution >= 0.6 is 0 Å². The van der Waals surface area contributed by atoms with Gasteiger partial charge in [0.15, 0.2) is 0 Å². The summed E-state index contributed by atoms with van der Waals surface area (Å²) >= 11 is 0. The number of nitrogens with one attached hydrogen (secondary N) is 1. The van der Waals surface area contributed by atoms with E-state index in [0.29, 0.717) is 6.61 Å². The fourth-order valence-corrected chi connectivity index (χ4v) is 2.11. The molecule has 3 nitrogen and oxygen atoms in total. The van der Waals surface area contributed by atoms with Gasteiger partial charge in [0.1, 0.15) is 5.75 Å². The normalized spacial score (nSPS) is 25.4. The molecule has 1 aliphatic heterocycles. The maximum atomic E-state index is 9.62. The van der Waals surface area contributed by atoms with E-state index < -0.39 is 0 Å². The summed E-state index contributed by atoms with van der Waals surface area (Å²) in [6, 6.07) is 8.39. The Morgan fingerprint density at radius 3 is 2.75 bits per heavy atom. The second-order valence-corrected chi connectivity index (χ2v) is 4.19. The number of aliphatic hydroxyl groups excluding tert-OH is 1. The molecule has 0 bridgehead atoms. The number of ether oxygens (including phenoxy) is 1. The van der Waals surface area contributed by atoms with Crippen molar-refractivity contribution in [3.63, 3.8) is 0 Å². The molecule has 0 amide bonds. The van der Waals surface area contributed by atoms with Crippen LogP contribution in [0.25, 0.3) is 0 Å². The van der Waals surface area contributed by atoms with E-state index in [0.717, 1.165) is 25.1 Å². The molecular formula is C13H19NO2. The molecule has 2 unspecified atom stereocenters. The Kier molecular flexibility index (Phi) is 3.80. The summed E-state index contributed by atoms with van der Waals surface area (Å²) in [5.41, 5.74) is 1.22. The molecule has 0 aliphatic carbocycles. The molecule has 0 radical (unpaired) electrons. The van der Waals surface area contributed by atoms with Crippen molar-refractivity contribution in [2.45, 2.75) is 31.9 Å². The molecule has 1 saturated heterocycles. The molecule has 0 spiro atoms. The van der Waals surface area contributed by atoms with Crippen LogP contribution in [0.4, 0.5) is 0 Å². The number of aliphatic hydroxyl groups is 1. The lowest BCUT2D eigenvalue weighted by atomic mass is 9.95. The highest BCUT2D eigenvalue weighted by Crippen LogP contribution is 2.24. The first-order valence-corrected chi connectivity index (χ1v) is 5.94. The Balaban J connectivity index is 2.03. The van der Waals surface area contributed by atoms with Gasteiger partial charge in [-0.3, -0.25) is 0 Å². The lowest BCUT2D eigenvalue weighted by molar-refractivity contribution is 0.116. The van der Waals surface area contributed by atoms with E-state index in [2.05, 4.69) is 17.4 Å². The Morgan fingerprint density at radius 1 is 1.38 bits per heavy atom. The predicted molar refractivity (Wildman–Crippen MR) is 63.6 cm³/mol. The smallest absolute Gasteiger partial charge is 0.119 e. The monoisotopic (exact) mass is 221 g/mol. The molecule has 1 fully saturated rings. The van der Waals surface area contributed by atoms with Gasteiger partial charge in [-0.25, -0.2) is 0 Å². The van der Waals surface area contributed by atoms with Gasteiger partial charge in [0.2, 0.25) is 0 Å². The third-order valence-corrected chi connectivity index (χ3v) is 2.97. The average Bonchev–Trinajstić information content (AvgIpc) is 2.30. The summed E-state index contributed by atoms with van der Waals surface area (Å²) in [7, 11) is 0. The SMILES string of the molecule is CCOc1ccc(C2CC(O)CCN2)cc1. The first-order chi connectivity index (χ1) is 7.79. The van der Waals surface area contributed by atoms with Crippen molar-refractivity contribution in [3.05, 3.63) is 29.8 Å². The lowest BCUT2D eigenvalue weighted by Gasteiger charge is -2.27. The van der Waals surface area contributed by atoms with Crippen molar-refractivity contribution in [1.82, 2.24) is 5.32 Å². The van der Waals surface area contributed by atoms with Gasteiger partial charge >= 0.3 is 0 Å². The van der Waals surface area contributed by atoms with Crippen molar-refractivity contribution in [2.24, 2.45) is 0 Å². The van der Waals surface area contributed by atoms with Gasteiger partial charge in [-0.1, -0.05) is 12.1 Å². The first-order valence-electron chi connectivity index (χ1n) is 5.94. The zero-order valence-electron chi connectivity index (χ0n) is 9.65. The zero-order chi connectivity index (χ0) is 11.4. The van der Waals surface area contributed by atoms with Gasteiger partial charge in [-0.15, -0.1) is 0 Å². The molecule has 1 heterocycles. The van der Waals surface area contributed by atoms with E-state index >= 15 is 0 Å². The van der Waals surface area contributed by atoms with Gasteiger partial charge < -0.3 is 15.2 Å². The molecule has 1 aromatic carbocycles. The number of piperidine rings is 1. The molecule has 1 aromatic rings. The second-order valence-electron chi connectivity index (χ2n) is 4.19. The molecule has 2 atom stereocenters. The third kappa shape index (κ3) is 2.74. The summed E-state index contributed by atoms with van der Waals surface area (Å²) in [6.07, 6.45) is 1.49. The molecule has 0 saturated carbocycles. The van der Waals surface area contributed by atoms with Crippen LogP contribution in [-0.4, -0.2) is 24.4 Å². The highest BCUT2D eigenvalue weighted by molar-refractivity contribution is 5.29. The molecular weight excluding hydrogens is 202 g/mol. The number of hydrogen-bond acceptors (Lipinski definition) is 3. The van der Waals surface area contributed by atoms with Gasteiger partial charge in [0.25, 0.3) is 0 Å². The van der Waals surface area contributed by atoms with Gasteiger partial charge in [-0.2, -0.15) is 0 Å². The van der Waals surface area contributed by atoms with Crippen LogP contribution in [0, 0.1) is 0 Å². The molecule has 2 N–H and O–H groups in total. The Morgan fingerprint density at radius 2 is 2.12 bits per heavy atom. The van der Waals surface area contributed by atoms with Crippen LogP contribution in [0.3, 0.4) is 0 Å². The van der Waals surface area contributed by atoms with Crippen LogP contribution in [-0.2, 0) is 0 Å². The molecule has 16 heavy (non-hydrogen) atoms. The minimum atomic E-state index is -0.169. The highest BCUT2D eigenvalue weighted by atomic mass is 16.5. The maximum Gasteiger partial charge on any atom is 0.119 e. The average molecular weight is 221 g/mol. The fourth-order valence-electron chi connectivity index (χ4n) is 2.11. The van der Waals surface area contributed by atoms with Crippen molar-refractivity contribution in [3.8, 4) is 5.75 Å². The minimum Gasteiger partial charge on any atom is -0.494 e. The summed E-state index contributed by atoms with van der Waals surface area (Å²) < 4.78 is 5.40. The van der Waals surface area contributed by atoms with E-state index in [-0.39, 0.29) is 12.1 Å². The van der Waals surface area contributed by atoms with E-state index in [1.165, 1.54) is 5.56 Å². The van der Waals surface area contributed by atoms with Crippen molar-refractivity contribution >= 4 is 0 Å². The van der Waals surface area contributed by atoms with Crippen LogP contribution in [0.5, 0.6) is 5.75 Å². The largest absolute Gasteiger partial charge is 0.494 e. The minimum absolute atomic E-state index is 0.169. The number of rotatable bonds is 3. The molecule has 88 valence electrons. The Hall–Kier alpha value is -1.06. The van der Waals surface area contributed by atoms with Gasteiger partial charge in [-0.05, 0) is 44.0 Å². The topological polar surface area (TPSA) is 41.5 Å². The van der Waals surface area contributed by atoms with Crippen LogP contribution < -0.4 is 10.1 Å². The van der Waals surface area contributed by atoms with E-state index in [1.54, 1.807) is 0 Å². The van der Waals surface area contributed by atoms with Crippen LogP contribution in [0.2, 0.25) is 0 Å². The second kappa shape index (κ2) is 5.32. The quantitative estimate of drug-likeness (QED) is 0.818. The van der Waals surface area contributed by atoms with Crippen molar-refractivity contribution in [2.75, 3.05) is 13.2 Å². The Bertz CT molecular complexity index is 323.